The van der Waals surface area contributed by atoms with Crippen LogP contribution >= 0.6 is 11.6 Å². The normalized spacial score (nSPS) is 12.1. The third-order valence-electron chi connectivity index (χ3n) is 6.28. The van der Waals surface area contributed by atoms with Gasteiger partial charge in [-0.2, -0.15) is 0 Å². The Morgan fingerprint density at radius 2 is 1.62 bits per heavy atom. The molecule has 0 saturated carbocycles. The van der Waals surface area contributed by atoms with Gasteiger partial charge in [0.2, 0.25) is 0 Å². The summed E-state index contributed by atoms with van der Waals surface area (Å²) in [6.07, 6.45) is 6.47. The summed E-state index contributed by atoms with van der Waals surface area (Å²) in [6.45, 7) is 0.122. The molecule has 0 bridgehead atoms. The molecule has 0 aliphatic heterocycles. The van der Waals surface area contributed by atoms with Crippen molar-refractivity contribution in [2.45, 2.75) is 6.54 Å². The molecule has 1 unspecified atom stereocenters. The molecule has 0 aliphatic rings. The monoisotopic (exact) mass is 568 g/mol. The second-order valence-corrected chi connectivity index (χ2v) is 9.96. The minimum absolute atomic E-state index is 0.122. The van der Waals surface area contributed by atoms with Crippen molar-refractivity contribution in [3.05, 3.63) is 119 Å². The Balaban J connectivity index is 1.53. The molecule has 0 amide bonds. The summed E-state index contributed by atoms with van der Waals surface area (Å²) in [5.74, 6) is 0.414. The molecule has 12 heteroatoms. The molecule has 1 N–H and O–H groups in total. The van der Waals surface area contributed by atoms with Crippen molar-refractivity contribution in [2.75, 3.05) is 0 Å². The van der Waals surface area contributed by atoms with E-state index in [0.29, 0.717) is 33.4 Å². The standard InChI is InChI=1S/C28H20ClN7O3S/c29-22-8-10-23(11-9-22)36-26(20-6-4-19(5-7-20)21-14-30-16-31-15-21)34-27-25(28(36)37)32-17-35(27)24-3-1-2-18(12-24)13-33-40(38)39/h1-12,14-17,33H,13H2,(H,38,39)/p-1. The van der Waals surface area contributed by atoms with Crippen LogP contribution in [0.4, 0.5) is 0 Å². The lowest BCUT2D eigenvalue weighted by atomic mass is 10.1. The van der Waals surface area contributed by atoms with Crippen LogP contribution < -0.4 is 10.3 Å². The molecule has 6 rings (SSSR count). The first-order valence-corrected chi connectivity index (χ1v) is 13.5. The topological polar surface area (TPSA) is 131 Å². The maximum absolute atomic E-state index is 13.9. The molecule has 0 aliphatic carbocycles. The minimum atomic E-state index is -2.39. The predicted octanol–water partition coefficient (Wildman–Crippen LogP) is 4.23. The zero-order chi connectivity index (χ0) is 27.6. The van der Waals surface area contributed by atoms with Gasteiger partial charge >= 0.3 is 0 Å². The van der Waals surface area contributed by atoms with Crippen LogP contribution in [0, 0.1) is 0 Å². The first-order chi connectivity index (χ1) is 19.5. The van der Waals surface area contributed by atoms with Gasteiger partial charge in [-0.3, -0.25) is 18.1 Å². The Kier molecular flexibility index (Phi) is 7.01. The number of halogens is 1. The van der Waals surface area contributed by atoms with Crippen molar-refractivity contribution in [2.24, 2.45) is 0 Å². The van der Waals surface area contributed by atoms with E-state index in [4.69, 9.17) is 16.6 Å². The van der Waals surface area contributed by atoms with E-state index in [1.54, 1.807) is 53.4 Å². The molecule has 0 fully saturated rings. The summed E-state index contributed by atoms with van der Waals surface area (Å²) in [6, 6.07) is 21.8. The van der Waals surface area contributed by atoms with Crippen molar-refractivity contribution in [3.63, 3.8) is 0 Å². The third-order valence-corrected chi connectivity index (χ3v) is 6.91. The summed E-state index contributed by atoms with van der Waals surface area (Å²) in [5.41, 5.74) is 4.69. The second kappa shape index (κ2) is 10.9. The molecule has 0 radical (unpaired) electrons. The minimum Gasteiger partial charge on any atom is -0.760 e. The fourth-order valence-corrected chi connectivity index (χ4v) is 4.79. The maximum atomic E-state index is 13.9. The number of nitrogens with zero attached hydrogens (tertiary/aromatic N) is 6. The van der Waals surface area contributed by atoms with Gasteiger partial charge in [0, 0.05) is 52.0 Å². The van der Waals surface area contributed by atoms with E-state index in [1.807, 2.05) is 36.4 Å². The van der Waals surface area contributed by atoms with Gasteiger partial charge in [-0.1, -0.05) is 48.0 Å². The number of imidazole rings is 1. The fourth-order valence-electron chi connectivity index (χ4n) is 4.38. The van der Waals surface area contributed by atoms with E-state index in [-0.39, 0.29) is 17.6 Å². The molecule has 3 aromatic heterocycles. The first-order valence-electron chi connectivity index (χ1n) is 12.0. The molecular weight excluding hydrogens is 550 g/mol. The molecule has 10 nitrogen and oxygen atoms in total. The summed E-state index contributed by atoms with van der Waals surface area (Å²) in [7, 11) is 0. The number of rotatable bonds is 7. The van der Waals surface area contributed by atoms with Gasteiger partial charge in [0.1, 0.15) is 18.5 Å². The van der Waals surface area contributed by atoms with Crippen LogP contribution in [0.25, 0.3) is 45.1 Å². The first kappa shape index (κ1) is 25.7. The molecule has 3 heterocycles. The molecular formula is C28H19ClN7O3S-. The van der Waals surface area contributed by atoms with Crippen LogP contribution in [-0.2, 0) is 17.8 Å². The lowest BCUT2D eigenvalue weighted by Crippen LogP contribution is -2.22. The third kappa shape index (κ3) is 5.06. The average Bonchev–Trinajstić information content (AvgIpc) is 3.42. The number of aromatic nitrogens is 6. The Morgan fingerprint density at radius 1 is 0.900 bits per heavy atom. The molecule has 198 valence electrons. The Morgan fingerprint density at radius 3 is 2.35 bits per heavy atom. The van der Waals surface area contributed by atoms with Crippen molar-refractivity contribution < 1.29 is 8.76 Å². The zero-order valence-electron chi connectivity index (χ0n) is 20.6. The summed E-state index contributed by atoms with van der Waals surface area (Å²) in [4.78, 5) is 31.4. The smallest absolute Gasteiger partial charge is 0.286 e. The Hall–Kier alpha value is -4.55. The lowest BCUT2D eigenvalue weighted by Gasteiger charge is -2.14. The number of fused-ring (bicyclic) bond motifs is 1. The Labute approximate surface area is 235 Å². The highest BCUT2D eigenvalue weighted by Crippen LogP contribution is 2.27. The Bertz CT molecular complexity index is 1910. The molecule has 0 spiro atoms. The van der Waals surface area contributed by atoms with Crippen LogP contribution in [0.15, 0.2) is 103 Å². The van der Waals surface area contributed by atoms with Gasteiger partial charge in [-0.05, 0) is 47.5 Å². The van der Waals surface area contributed by atoms with E-state index in [2.05, 4.69) is 19.7 Å². The molecule has 0 saturated heterocycles. The summed E-state index contributed by atoms with van der Waals surface area (Å²) in [5, 5.41) is 0.543. The average molecular weight is 569 g/mol. The molecule has 1 atom stereocenters. The van der Waals surface area contributed by atoms with E-state index in [0.717, 1.165) is 16.7 Å². The molecule has 3 aromatic carbocycles. The van der Waals surface area contributed by atoms with Crippen LogP contribution in [0.2, 0.25) is 5.02 Å². The highest BCUT2D eigenvalue weighted by Gasteiger charge is 2.19. The second-order valence-electron chi connectivity index (χ2n) is 8.77. The van der Waals surface area contributed by atoms with Crippen molar-refractivity contribution in [1.29, 1.82) is 0 Å². The van der Waals surface area contributed by atoms with E-state index >= 15 is 0 Å². The van der Waals surface area contributed by atoms with Gasteiger partial charge in [0.05, 0.1) is 5.69 Å². The van der Waals surface area contributed by atoms with Gasteiger partial charge in [-0.25, -0.2) is 24.7 Å². The number of benzene rings is 3. The summed E-state index contributed by atoms with van der Waals surface area (Å²) >= 11 is 3.74. The maximum Gasteiger partial charge on any atom is 0.286 e. The summed E-state index contributed by atoms with van der Waals surface area (Å²) < 4.78 is 27.5. The van der Waals surface area contributed by atoms with Crippen LogP contribution in [0.3, 0.4) is 0 Å². The fraction of sp³-hybridized carbons (Fsp3) is 0.0357. The van der Waals surface area contributed by atoms with Gasteiger partial charge in [-0.15, -0.1) is 0 Å². The van der Waals surface area contributed by atoms with Crippen molar-refractivity contribution in [1.82, 2.24) is 33.8 Å². The zero-order valence-corrected chi connectivity index (χ0v) is 22.2. The highest BCUT2D eigenvalue weighted by molar-refractivity contribution is 7.77. The van der Waals surface area contributed by atoms with E-state index in [9.17, 15) is 13.6 Å². The predicted molar refractivity (Wildman–Crippen MR) is 152 cm³/mol. The van der Waals surface area contributed by atoms with Crippen molar-refractivity contribution in [3.8, 4) is 33.9 Å². The van der Waals surface area contributed by atoms with E-state index < -0.39 is 11.3 Å². The largest absolute Gasteiger partial charge is 0.760 e. The highest BCUT2D eigenvalue weighted by atomic mass is 35.5. The lowest BCUT2D eigenvalue weighted by molar-refractivity contribution is 0.522. The van der Waals surface area contributed by atoms with Gasteiger partial charge in [0.25, 0.3) is 5.56 Å². The van der Waals surface area contributed by atoms with Crippen molar-refractivity contribution >= 4 is 34.0 Å². The number of nitrogens with one attached hydrogen (secondary N) is 1. The number of hydrogen-bond donors (Lipinski definition) is 1. The van der Waals surface area contributed by atoms with Crippen LogP contribution in [0.1, 0.15) is 5.56 Å². The number of hydrogen-bond acceptors (Lipinski definition) is 7. The van der Waals surface area contributed by atoms with Crippen LogP contribution in [-0.4, -0.2) is 37.8 Å². The quantitative estimate of drug-likeness (QED) is 0.285. The molecule has 40 heavy (non-hydrogen) atoms. The van der Waals surface area contributed by atoms with Crippen LogP contribution in [0.5, 0.6) is 0 Å². The SMILES string of the molecule is O=c1c2ncn(-c3cccc(CNS(=O)[O-])c3)c2nc(-c2ccc(-c3cncnc3)cc2)n1-c1ccc(Cl)cc1. The van der Waals surface area contributed by atoms with E-state index in [1.165, 1.54) is 17.2 Å². The molecule has 6 aromatic rings. The van der Waals surface area contributed by atoms with Gasteiger partial charge < -0.3 is 4.55 Å². The van der Waals surface area contributed by atoms with Gasteiger partial charge in [0.15, 0.2) is 11.2 Å².